The molecule has 6 aliphatic carbocycles. The summed E-state index contributed by atoms with van der Waals surface area (Å²) in [5.41, 5.74) is 49.5. The highest BCUT2D eigenvalue weighted by Gasteiger charge is 2.44. The zero-order valence-corrected chi connectivity index (χ0v) is 82.4. The highest BCUT2D eigenvalue weighted by molar-refractivity contribution is 6.12. The molecule has 4 nitrogen and oxygen atoms in total. The number of anilines is 9. The molecular weight excluding hydrogens is 1720 g/mol. The van der Waals surface area contributed by atoms with Gasteiger partial charge >= 0.3 is 0 Å². The molecule has 0 atom stereocenters. The van der Waals surface area contributed by atoms with Gasteiger partial charge in [0, 0.05) is 93.5 Å². The van der Waals surface area contributed by atoms with E-state index in [0.29, 0.717) is 0 Å². The fourth-order valence-electron chi connectivity index (χ4n) is 26.0. The molecule has 21 aromatic carbocycles. The van der Waals surface area contributed by atoms with Gasteiger partial charge in [0.05, 0.1) is 17.1 Å². The Morgan fingerprint density at radius 3 is 0.732 bits per heavy atom. The molecule has 142 heavy (non-hydrogen) atoms. The first kappa shape index (κ1) is 86.0. The van der Waals surface area contributed by atoms with Gasteiger partial charge in [0.2, 0.25) is 0 Å². The molecule has 682 valence electrons. The van der Waals surface area contributed by atoms with Crippen molar-refractivity contribution >= 4 is 105 Å². The number of benzene rings is 21. The summed E-state index contributed by atoms with van der Waals surface area (Å²) >= 11 is 0. The molecule has 1 heterocycles. The number of hydrogen-bond acceptors (Lipinski definition) is 4. The van der Waals surface area contributed by atoms with Crippen molar-refractivity contribution in [3.05, 3.63) is 510 Å². The number of fused-ring (bicyclic) bond motifs is 27. The minimum atomic E-state index is -0.0964. The zero-order valence-electron chi connectivity index (χ0n) is 82.4. The van der Waals surface area contributed by atoms with Gasteiger partial charge in [-0.05, 0) is 275 Å². The van der Waals surface area contributed by atoms with Crippen LogP contribution in [0.2, 0.25) is 0 Å². The quantitative estimate of drug-likeness (QED) is 0.129. The average molecular weight is 1830 g/mol. The maximum absolute atomic E-state index is 6.22. The number of rotatable bonds is 11. The van der Waals surface area contributed by atoms with E-state index in [4.69, 9.17) is 4.42 Å². The van der Waals surface area contributed by atoms with Crippen LogP contribution in [0.15, 0.2) is 447 Å². The summed E-state index contributed by atoms with van der Waals surface area (Å²) in [6.07, 6.45) is 0. The highest BCUT2D eigenvalue weighted by atomic mass is 16.3. The van der Waals surface area contributed by atoms with Crippen LogP contribution in [0.5, 0.6) is 0 Å². The van der Waals surface area contributed by atoms with Crippen molar-refractivity contribution in [1.29, 1.82) is 0 Å². The minimum absolute atomic E-state index is 0.0832. The van der Waals surface area contributed by atoms with Crippen molar-refractivity contribution in [3.8, 4) is 89.0 Å². The normalized spacial score (nSPS) is 14.8. The second-order valence-corrected chi connectivity index (χ2v) is 42.9. The van der Waals surface area contributed by atoms with Gasteiger partial charge in [0.1, 0.15) is 11.2 Å². The van der Waals surface area contributed by atoms with Gasteiger partial charge in [-0.2, -0.15) is 0 Å². The summed E-state index contributed by atoms with van der Waals surface area (Å²) < 4.78 is 6.22. The lowest BCUT2D eigenvalue weighted by Crippen LogP contribution is -2.18. The monoisotopic (exact) mass is 1820 g/mol. The van der Waals surface area contributed by atoms with E-state index in [0.717, 1.165) is 44.7 Å². The maximum atomic E-state index is 6.22. The standard InChI is InChI=1S/C49H41N.C46H37N.C43H31NO/c1-47(2)40-18-10-7-14-32(40)35-24-22-30(28-43(35)47)50(31-23-25-36-33-15-8-11-19-41(33)48(3,4)44(36)29-31)45-21-13-17-38-37(45)26-27-39-34-16-9-12-20-42(34)49(5,6)46(38)39;1-45(2)40-18-10-8-15-34(40)36-26-25-33(29-42(36)45)47(32-23-21-31(22-24-32)30-13-6-5-7-14-30)43-20-12-17-38-37(43)27-28-39-35-16-9-11-19-41(35)46(3,4)44(38)39;1-43(2)38-16-8-6-13-32(38)36-25-24-33-35(42(36)43)15-10-17-39(33)44(30-21-19-29(20-22-30)28-11-4-3-5-12-28)31-23-26-41-37(27-31)34-14-7-9-18-40(34)45-41/h7-29H,1-6H3;5-29H,1-4H3;3-27H,1-2H3. The lowest BCUT2D eigenvalue weighted by molar-refractivity contribution is 0.660. The first-order valence-corrected chi connectivity index (χ1v) is 50.3. The van der Waals surface area contributed by atoms with Gasteiger partial charge in [-0.25, -0.2) is 0 Å². The van der Waals surface area contributed by atoms with Crippen LogP contribution in [-0.4, -0.2) is 0 Å². The molecule has 28 rings (SSSR count). The van der Waals surface area contributed by atoms with E-state index in [1.165, 1.54) is 217 Å². The summed E-state index contributed by atoms with van der Waals surface area (Å²) in [4.78, 5) is 7.40. The first-order chi connectivity index (χ1) is 69.0. The molecule has 4 heteroatoms. The highest BCUT2D eigenvalue weighted by Crippen LogP contribution is 2.61. The first-order valence-electron chi connectivity index (χ1n) is 50.3. The van der Waals surface area contributed by atoms with Gasteiger partial charge in [0.25, 0.3) is 0 Å². The van der Waals surface area contributed by atoms with Crippen molar-refractivity contribution in [1.82, 2.24) is 0 Å². The topological polar surface area (TPSA) is 22.9 Å². The van der Waals surface area contributed by atoms with Crippen LogP contribution in [-0.2, 0) is 32.5 Å². The molecule has 0 spiro atoms. The molecule has 1 aromatic heterocycles. The van der Waals surface area contributed by atoms with E-state index in [9.17, 15) is 0 Å². The van der Waals surface area contributed by atoms with Gasteiger partial charge in [0.15, 0.2) is 0 Å². The molecule has 0 saturated heterocycles. The molecule has 0 saturated carbocycles. The molecule has 6 aliphatic rings. The van der Waals surface area contributed by atoms with E-state index < -0.39 is 0 Å². The van der Waals surface area contributed by atoms with E-state index >= 15 is 0 Å². The third kappa shape index (κ3) is 13.0. The van der Waals surface area contributed by atoms with Crippen molar-refractivity contribution in [2.45, 2.75) is 116 Å². The SMILES string of the molecule is CC1(C)c2ccccc2-c2ccc(N(c3ccc(-c4ccccc4)cc3)c3cccc4c5c(ccc34)-c3ccccc3C5(C)C)cc21.CC1(C)c2ccccc2-c2ccc(N(c3ccc4c(c3)C(C)(C)c3ccccc3-4)c3cccc4c5c(ccc34)-c3ccccc3C5(C)C)cc21.CC1(C)c2ccccc2-c2ccc3c(N(c4ccc(-c5ccccc5)cc4)c4ccc5oc6ccccc6c5c4)cccc3c21. The molecule has 0 aliphatic heterocycles. The number of furan rings is 1. The maximum Gasteiger partial charge on any atom is 0.135 e. The summed E-state index contributed by atoms with van der Waals surface area (Å²) in [6, 6.07) is 164. The lowest BCUT2D eigenvalue weighted by Gasteiger charge is -2.31. The summed E-state index contributed by atoms with van der Waals surface area (Å²) in [7, 11) is 0. The lowest BCUT2D eigenvalue weighted by atomic mass is 9.80. The predicted molar refractivity (Wildman–Crippen MR) is 599 cm³/mol. The van der Waals surface area contributed by atoms with E-state index in [1.807, 2.05) is 12.1 Å². The van der Waals surface area contributed by atoms with Crippen LogP contribution in [0.4, 0.5) is 51.2 Å². The third-order valence-electron chi connectivity index (χ3n) is 32.9. The molecule has 0 radical (unpaired) electrons. The zero-order chi connectivity index (χ0) is 96.2. The van der Waals surface area contributed by atoms with Crippen molar-refractivity contribution < 1.29 is 4.42 Å². The molecular formula is C138H109N3O. The largest absolute Gasteiger partial charge is 0.456 e. The Labute approximate surface area is 832 Å². The van der Waals surface area contributed by atoms with Crippen LogP contribution >= 0.6 is 0 Å². The van der Waals surface area contributed by atoms with Gasteiger partial charge in [-0.1, -0.05) is 423 Å². The Balaban J connectivity index is 0.000000109. The molecule has 0 amide bonds. The third-order valence-corrected chi connectivity index (χ3v) is 32.9. The van der Waals surface area contributed by atoms with Crippen molar-refractivity contribution in [2.24, 2.45) is 0 Å². The van der Waals surface area contributed by atoms with Crippen LogP contribution in [0.1, 0.15) is 150 Å². The second kappa shape index (κ2) is 32.1. The Hall–Kier alpha value is -16.4. The number of para-hydroxylation sites is 1. The molecule has 0 N–H and O–H groups in total. The Bertz CT molecular complexity index is 8860. The van der Waals surface area contributed by atoms with Crippen LogP contribution in [0.25, 0.3) is 143 Å². The molecule has 0 bridgehead atoms. The average Bonchev–Trinajstić information content (AvgIpc) is 1.56. The van der Waals surface area contributed by atoms with Crippen LogP contribution < -0.4 is 14.7 Å². The summed E-state index contributed by atoms with van der Waals surface area (Å²) in [5.74, 6) is 0. The van der Waals surface area contributed by atoms with Gasteiger partial charge < -0.3 is 19.1 Å². The Kier molecular flexibility index (Phi) is 19.4. The van der Waals surface area contributed by atoms with Crippen molar-refractivity contribution in [2.75, 3.05) is 14.7 Å². The van der Waals surface area contributed by atoms with Gasteiger partial charge in [-0.3, -0.25) is 0 Å². The fourth-order valence-corrected chi connectivity index (χ4v) is 26.0. The Morgan fingerprint density at radius 1 is 0.148 bits per heavy atom. The fraction of sp³-hybridized carbons (Fsp3) is 0.130. The van der Waals surface area contributed by atoms with Crippen LogP contribution in [0, 0.1) is 0 Å². The smallest absolute Gasteiger partial charge is 0.135 e. The molecule has 0 unspecified atom stereocenters. The Morgan fingerprint density at radius 2 is 0.387 bits per heavy atom. The molecule has 22 aromatic rings. The predicted octanol–water partition coefficient (Wildman–Crippen LogP) is 38.0. The van der Waals surface area contributed by atoms with Gasteiger partial charge in [-0.15, -0.1) is 0 Å². The van der Waals surface area contributed by atoms with Crippen molar-refractivity contribution in [3.63, 3.8) is 0 Å². The number of hydrogen-bond donors (Lipinski definition) is 0. The summed E-state index contributed by atoms with van der Waals surface area (Å²) in [6.45, 7) is 28.5. The van der Waals surface area contributed by atoms with E-state index in [2.05, 4.69) is 528 Å². The van der Waals surface area contributed by atoms with E-state index in [-0.39, 0.29) is 32.5 Å². The minimum Gasteiger partial charge on any atom is -0.456 e. The second-order valence-electron chi connectivity index (χ2n) is 42.9. The number of nitrogens with zero attached hydrogens (tertiary/aromatic N) is 3. The summed E-state index contributed by atoms with van der Waals surface area (Å²) in [5, 5.41) is 9.97. The van der Waals surface area contributed by atoms with E-state index in [1.54, 1.807) is 0 Å². The van der Waals surface area contributed by atoms with Crippen LogP contribution in [0.3, 0.4) is 0 Å². The molecule has 0 fully saturated rings.